The summed E-state index contributed by atoms with van der Waals surface area (Å²) in [6.45, 7) is 0. The fraction of sp³-hybridized carbons (Fsp3) is 0.0909. The molecular weight excluding hydrogens is 132 g/mol. The van der Waals surface area contributed by atoms with E-state index in [1.54, 1.807) is 0 Å². The lowest BCUT2D eigenvalue weighted by Gasteiger charge is -2.06. The molecule has 11 heavy (non-hydrogen) atoms. The van der Waals surface area contributed by atoms with Crippen LogP contribution in [-0.2, 0) is 0 Å². The lowest BCUT2D eigenvalue weighted by Crippen LogP contribution is -1.86. The molecule has 0 aliphatic heterocycles. The standard InChI is InChI=1S/C11H10/c1-2-5-10-7-4-8-11(9-10)6-3-1/h1-7,9H,8H2. The highest BCUT2D eigenvalue weighted by Crippen LogP contribution is 2.17. The summed E-state index contributed by atoms with van der Waals surface area (Å²) < 4.78 is 0. The molecule has 0 saturated heterocycles. The minimum Gasteiger partial charge on any atom is -0.0795 e. The predicted molar refractivity (Wildman–Crippen MR) is 48.2 cm³/mol. The van der Waals surface area contributed by atoms with Gasteiger partial charge in [-0.1, -0.05) is 48.6 Å². The van der Waals surface area contributed by atoms with Gasteiger partial charge in [-0.3, -0.25) is 0 Å². The smallest absolute Gasteiger partial charge is 0.00939 e. The zero-order valence-electron chi connectivity index (χ0n) is 6.33. The molecule has 0 amide bonds. The number of hydrogen-bond acceptors (Lipinski definition) is 0. The molecule has 0 aromatic rings. The third kappa shape index (κ3) is 1.40. The Morgan fingerprint density at radius 2 is 2.00 bits per heavy atom. The minimum atomic E-state index is 1.07. The maximum Gasteiger partial charge on any atom is -0.00939 e. The topological polar surface area (TPSA) is 0 Å². The van der Waals surface area contributed by atoms with Gasteiger partial charge < -0.3 is 0 Å². The van der Waals surface area contributed by atoms with E-state index in [0.29, 0.717) is 0 Å². The molecule has 2 rings (SSSR count). The van der Waals surface area contributed by atoms with E-state index >= 15 is 0 Å². The van der Waals surface area contributed by atoms with Crippen molar-refractivity contribution >= 4 is 0 Å². The number of hydrogen-bond donors (Lipinski definition) is 0. The third-order valence-corrected chi connectivity index (χ3v) is 1.84. The molecule has 54 valence electrons. The zero-order chi connectivity index (χ0) is 7.52. The molecule has 0 radical (unpaired) electrons. The molecule has 0 heteroatoms. The van der Waals surface area contributed by atoms with Gasteiger partial charge in [0.2, 0.25) is 0 Å². The molecular formula is C11H10. The van der Waals surface area contributed by atoms with Gasteiger partial charge in [0.05, 0.1) is 0 Å². The van der Waals surface area contributed by atoms with Gasteiger partial charge in [-0.2, -0.15) is 0 Å². The van der Waals surface area contributed by atoms with Crippen molar-refractivity contribution in [2.45, 2.75) is 6.42 Å². The summed E-state index contributed by atoms with van der Waals surface area (Å²) in [7, 11) is 0. The number of fused-ring (bicyclic) bond motifs is 1. The van der Waals surface area contributed by atoms with Crippen LogP contribution in [0.3, 0.4) is 0 Å². The van der Waals surface area contributed by atoms with Crippen LogP contribution >= 0.6 is 0 Å². The summed E-state index contributed by atoms with van der Waals surface area (Å²) in [6.07, 6.45) is 18.1. The van der Waals surface area contributed by atoms with Crippen molar-refractivity contribution in [2.75, 3.05) is 0 Å². The SMILES string of the molecule is C1=CC=C2C=CCC(=C2)C=C1. The lowest BCUT2D eigenvalue weighted by atomic mass is 10.00. The summed E-state index contributed by atoms with van der Waals surface area (Å²) in [5, 5.41) is 0. The van der Waals surface area contributed by atoms with Crippen LogP contribution in [0.4, 0.5) is 0 Å². The van der Waals surface area contributed by atoms with Crippen molar-refractivity contribution in [3.8, 4) is 0 Å². The zero-order valence-corrected chi connectivity index (χ0v) is 6.33. The van der Waals surface area contributed by atoms with Gasteiger partial charge in [-0.15, -0.1) is 0 Å². The Morgan fingerprint density at radius 1 is 1.00 bits per heavy atom. The van der Waals surface area contributed by atoms with Crippen LogP contribution in [-0.4, -0.2) is 0 Å². The molecule has 0 nitrogen and oxygen atoms in total. The second-order valence-electron chi connectivity index (χ2n) is 2.74. The van der Waals surface area contributed by atoms with Crippen LogP contribution in [0.15, 0.2) is 59.8 Å². The number of allylic oxidation sites excluding steroid dienone is 10. The first-order chi connectivity index (χ1) is 5.45. The first-order valence-electron chi connectivity index (χ1n) is 3.87. The molecule has 0 saturated carbocycles. The van der Waals surface area contributed by atoms with E-state index in [0.717, 1.165) is 6.42 Å². The van der Waals surface area contributed by atoms with Gasteiger partial charge in [-0.05, 0) is 17.6 Å². The average Bonchev–Trinajstić information content (AvgIpc) is 2.02. The maximum absolute atomic E-state index is 2.22. The van der Waals surface area contributed by atoms with Crippen LogP contribution in [0, 0.1) is 0 Å². The molecule has 0 heterocycles. The fourth-order valence-electron chi connectivity index (χ4n) is 1.28. The third-order valence-electron chi connectivity index (χ3n) is 1.84. The number of rotatable bonds is 0. The van der Waals surface area contributed by atoms with Gasteiger partial charge in [0.15, 0.2) is 0 Å². The largest absolute Gasteiger partial charge is 0.0795 e. The van der Waals surface area contributed by atoms with Crippen molar-refractivity contribution in [3.05, 3.63) is 59.8 Å². The van der Waals surface area contributed by atoms with Gasteiger partial charge in [0.1, 0.15) is 0 Å². The molecule has 0 atom stereocenters. The van der Waals surface area contributed by atoms with Crippen molar-refractivity contribution in [3.63, 3.8) is 0 Å². The highest BCUT2D eigenvalue weighted by Gasteiger charge is 1.98. The highest BCUT2D eigenvalue weighted by atomic mass is 14.0. The Balaban J connectivity index is 2.41. The van der Waals surface area contributed by atoms with Crippen molar-refractivity contribution in [2.24, 2.45) is 0 Å². The summed E-state index contributed by atoms with van der Waals surface area (Å²) >= 11 is 0. The Kier molecular flexibility index (Phi) is 1.60. The van der Waals surface area contributed by atoms with Gasteiger partial charge in [-0.25, -0.2) is 0 Å². The predicted octanol–water partition coefficient (Wildman–Crippen LogP) is 2.93. The van der Waals surface area contributed by atoms with Crippen molar-refractivity contribution < 1.29 is 0 Å². The Labute approximate surface area is 66.9 Å². The Morgan fingerprint density at radius 3 is 3.00 bits per heavy atom. The van der Waals surface area contributed by atoms with Gasteiger partial charge >= 0.3 is 0 Å². The van der Waals surface area contributed by atoms with E-state index in [-0.39, 0.29) is 0 Å². The molecule has 0 aromatic heterocycles. The molecule has 0 fully saturated rings. The maximum atomic E-state index is 2.22. The van der Waals surface area contributed by atoms with E-state index in [4.69, 9.17) is 0 Å². The van der Waals surface area contributed by atoms with E-state index in [1.165, 1.54) is 11.1 Å². The Hall–Kier alpha value is -1.30. The molecule has 2 aliphatic rings. The normalized spacial score (nSPS) is 20.4. The minimum absolute atomic E-state index is 1.07. The molecule has 0 unspecified atom stereocenters. The van der Waals surface area contributed by atoms with E-state index < -0.39 is 0 Å². The summed E-state index contributed by atoms with van der Waals surface area (Å²) in [4.78, 5) is 0. The lowest BCUT2D eigenvalue weighted by molar-refractivity contribution is 1.24. The quantitative estimate of drug-likeness (QED) is 0.488. The second kappa shape index (κ2) is 2.75. The molecule has 2 aliphatic carbocycles. The van der Waals surface area contributed by atoms with E-state index in [1.807, 2.05) is 0 Å². The van der Waals surface area contributed by atoms with Crippen molar-refractivity contribution in [1.29, 1.82) is 0 Å². The molecule has 0 spiro atoms. The summed E-state index contributed by atoms with van der Waals surface area (Å²) in [6, 6.07) is 0. The molecule has 2 bridgehead atoms. The first kappa shape index (κ1) is 6.41. The first-order valence-corrected chi connectivity index (χ1v) is 3.87. The van der Waals surface area contributed by atoms with Gasteiger partial charge in [0.25, 0.3) is 0 Å². The second-order valence-corrected chi connectivity index (χ2v) is 2.74. The van der Waals surface area contributed by atoms with Crippen LogP contribution in [0.25, 0.3) is 0 Å². The van der Waals surface area contributed by atoms with Crippen LogP contribution in [0.5, 0.6) is 0 Å². The summed E-state index contributed by atoms with van der Waals surface area (Å²) in [5.41, 5.74) is 2.69. The van der Waals surface area contributed by atoms with E-state index in [2.05, 4.69) is 48.6 Å². The highest BCUT2D eigenvalue weighted by molar-refractivity contribution is 5.45. The monoisotopic (exact) mass is 142 g/mol. The van der Waals surface area contributed by atoms with E-state index in [9.17, 15) is 0 Å². The average molecular weight is 142 g/mol. The van der Waals surface area contributed by atoms with Crippen LogP contribution < -0.4 is 0 Å². The molecule has 0 aromatic carbocycles. The van der Waals surface area contributed by atoms with Crippen LogP contribution in [0.1, 0.15) is 6.42 Å². The fourth-order valence-corrected chi connectivity index (χ4v) is 1.28. The summed E-state index contributed by atoms with van der Waals surface area (Å²) in [5.74, 6) is 0. The van der Waals surface area contributed by atoms with Crippen LogP contribution in [0.2, 0.25) is 0 Å². The Bertz CT molecular complexity index is 296. The molecule has 0 N–H and O–H groups in total. The van der Waals surface area contributed by atoms with Gasteiger partial charge in [0, 0.05) is 0 Å². The van der Waals surface area contributed by atoms with Crippen molar-refractivity contribution in [1.82, 2.24) is 0 Å².